The molecule has 1 aliphatic rings. The maximum atomic E-state index is 12.8. The molecule has 27 heavy (non-hydrogen) atoms. The zero-order chi connectivity index (χ0) is 19.6. The largest absolute Gasteiger partial charge is 0.449 e. The summed E-state index contributed by atoms with van der Waals surface area (Å²) in [4.78, 5) is 36.1. The molecule has 0 bridgehead atoms. The van der Waals surface area contributed by atoms with E-state index in [-0.39, 0.29) is 11.9 Å². The second kappa shape index (κ2) is 8.03. The van der Waals surface area contributed by atoms with E-state index in [4.69, 9.17) is 4.74 Å². The van der Waals surface area contributed by atoms with Crippen LogP contribution in [0.3, 0.4) is 0 Å². The Kier molecular flexibility index (Phi) is 5.73. The normalized spacial score (nSPS) is 18.4. The van der Waals surface area contributed by atoms with Crippen LogP contribution in [0, 0.1) is 13.8 Å². The summed E-state index contributed by atoms with van der Waals surface area (Å²) in [6.45, 7) is 8.27. The highest BCUT2D eigenvalue weighted by molar-refractivity contribution is 5.95. The van der Waals surface area contributed by atoms with E-state index < -0.39 is 12.1 Å². The first-order valence-electron chi connectivity index (χ1n) is 9.67. The molecule has 1 aliphatic heterocycles. The molecule has 2 aromatic rings. The number of carbonyl (C=O) groups excluding carboxylic acids is 2. The van der Waals surface area contributed by atoms with Gasteiger partial charge in [-0.3, -0.25) is 4.79 Å². The molecule has 0 unspecified atom stereocenters. The third-order valence-electron chi connectivity index (χ3n) is 5.32. The van der Waals surface area contributed by atoms with Crippen LogP contribution >= 0.6 is 0 Å². The minimum atomic E-state index is -0.800. The first-order chi connectivity index (χ1) is 12.9. The molecule has 2 heterocycles. The number of amides is 1. The Morgan fingerprint density at radius 2 is 1.89 bits per heavy atom. The van der Waals surface area contributed by atoms with Gasteiger partial charge in [-0.1, -0.05) is 6.92 Å². The maximum Gasteiger partial charge on any atom is 0.338 e. The van der Waals surface area contributed by atoms with Crippen LogP contribution < -0.4 is 0 Å². The Morgan fingerprint density at radius 1 is 1.19 bits per heavy atom. The molecule has 144 valence electrons. The summed E-state index contributed by atoms with van der Waals surface area (Å²) in [5, 5.41) is 0. The molecule has 0 radical (unpaired) electrons. The Bertz CT molecular complexity index is 865. The molecule has 1 amide bonds. The SMILES string of the molecule is CC[C@H]1CCCCN1C(=O)[C@@H](C)OC(=O)c1ccc2nc(C)c(C)nc2c1. The quantitative estimate of drug-likeness (QED) is 0.770. The van der Waals surface area contributed by atoms with Crippen molar-refractivity contribution in [3.05, 3.63) is 35.2 Å². The molecular weight excluding hydrogens is 342 g/mol. The summed E-state index contributed by atoms with van der Waals surface area (Å²) in [6.07, 6.45) is 3.30. The van der Waals surface area contributed by atoms with Crippen molar-refractivity contribution in [1.29, 1.82) is 0 Å². The average molecular weight is 369 g/mol. The lowest BCUT2D eigenvalue weighted by Crippen LogP contribution is -2.48. The lowest BCUT2D eigenvalue weighted by atomic mass is 9.99. The van der Waals surface area contributed by atoms with Gasteiger partial charge in [0, 0.05) is 12.6 Å². The van der Waals surface area contributed by atoms with Gasteiger partial charge in [0.1, 0.15) is 0 Å². The second-order valence-corrected chi connectivity index (χ2v) is 7.23. The number of hydrogen-bond acceptors (Lipinski definition) is 5. The van der Waals surface area contributed by atoms with Crippen LogP contribution in [-0.4, -0.2) is 45.4 Å². The lowest BCUT2D eigenvalue weighted by Gasteiger charge is -2.36. The van der Waals surface area contributed by atoms with E-state index in [0.29, 0.717) is 11.1 Å². The highest BCUT2D eigenvalue weighted by Gasteiger charge is 2.30. The number of esters is 1. The van der Waals surface area contributed by atoms with Crippen molar-refractivity contribution >= 4 is 22.9 Å². The van der Waals surface area contributed by atoms with Crippen molar-refractivity contribution in [2.45, 2.75) is 65.5 Å². The number of fused-ring (bicyclic) bond motifs is 1. The van der Waals surface area contributed by atoms with Crippen LogP contribution in [-0.2, 0) is 9.53 Å². The Balaban J connectivity index is 1.73. The van der Waals surface area contributed by atoms with E-state index in [9.17, 15) is 9.59 Å². The minimum Gasteiger partial charge on any atom is -0.449 e. The highest BCUT2D eigenvalue weighted by Crippen LogP contribution is 2.21. The summed E-state index contributed by atoms with van der Waals surface area (Å²) in [6, 6.07) is 5.34. The van der Waals surface area contributed by atoms with Crippen molar-refractivity contribution in [2.75, 3.05) is 6.54 Å². The number of benzene rings is 1. The molecule has 1 fully saturated rings. The fraction of sp³-hybridized carbons (Fsp3) is 0.524. The van der Waals surface area contributed by atoms with E-state index in [0.717, 1.165) is 49.1 Å². The second-order valence-electron chi connectivity index (χ2n) is 7.23. The molecule has 1 saturated heterocycles. The maximum absolute atomic E-state index is 12.8. The fourth-order valence-electron chi connectivity index (χ4n) is 3.59. The first kappa shape index (κ1) is 19.3. The minimum absolute atomic E-state index is 0.109. The molecule has 2 atom stereocenters. The molecule has 0 saturated carbocycles. The number of ether oxygens (including phenoxy) is 1. The fourth-order valence-corrected chi connectivity index (χ4v) is 3.59. The van der Waals surface area contributed by atoms with Crippen molar-refractivity contribution < 1.29 is 14.3 Å². The third kappa shape index (κ3) is 4.10. The number of hydrogen-bond donors (Lipinski definition) is 0. The van der Waals surface area contributed by atoms with Crippen LogP contribution in [0.25, 0.3) is 11.0 Å². The number of piperidine rings is 1. The van der Waals surface area contributed by atoms with Gasteiger partial charge >= 0.3 is 5.97 Å². The predicted octanol–water partition coefficient (Wildman–Crippen LogP) is 3.58. The highest BCUT2D eigenvalue weighted by atomic mass is 16.5. The molecule has 3 rings (SSSR count). The summed E-state index contributed by atoms with van der Waals surface area (Å²) in [5.74, 6) is -0.621. The summed E-state index contributed by atoms with van der Waals surface area (Å²) in [7, 11) is 0. The van der Waals surface area contributed by atoms with Crippen LogP contribution in [0.4, 0.5) is 0 Å². The van der Waals surface area contributed by atoms with Crippen LogP contribution in [0.15, 0.2) is 18.2 Å². The Labute approximate surface area is 159 Å². The van der Waals surface area contributed by atoms with E-state index >= 15 is 0 Å². The summed E-state index contributed by atoms with van der Waals surface area (Å²) < 4.78 is 5.47. The van der Waals surface area contributed by atoms with E-state index in [2.05, 4.69) is 16.9 Å². The van der Waals surface area contributed by atoms with E-state index in [1.807, 2.05) is 18.7 Å². The number of carbonyl (C=O) groups is 2. The predicted molar refractivity (Wildman–Crippen MR) is 104 cm³/mol. The van der Waals surface area contributed by atoms with Gasteiger partial charge in [-0.15, -0.1) is 0 Å². The lowest BCUT2D eigenvalue weighted by molar-refractivity contribution is -0.143. The monoisotopic (exact) mass is 369 g/mol. The third-order valence-corrected chi connectivity index (χ3v) is 5.32. The van der Waals surface area contributed by atoms with Crippen LogP contribution in [0.5, 0.6) is 0 Å². The van der Waals surface area contributed by atoms with Crippen molar-refractivity contribution in [1.82, 2.24) is 14.9 Å². The number of rotatable bonds is 4. The molecule has 6 heteroatoms. The van der Waals surface area contributed by atoms with Gasteiger partial charge in [-0.2, -0.15) is 0 Å². The zero-order valence-corrected chi connectivity index (χ0v) is 16.5. The molecule has 6 nitrogen and oxygen atoms in total. The zero-order valence-electron chi connectivity index (χ0n) is 16.5. The smallest absolute Gasteiger partial charge is 0.338 e. The van der Waals surface area contributed by atoms with Gasteiger partial charge in [0.2, 0.25) is 0 Å². The molecule has 0 spiro atoms. The first-order valence-corrected chi connectivity index (χ1v) is 9.67. The molecule has 1 aromatic carbocycles. The van der Waals surface area contributed by atoms with Crippen LogP contribution in [0.2, 0.25) is 0 Å². The van der Waals surface area contributed by atoms with Gasteiger partial charge < -0.3 is 9.64 Å². The van der Waals surface area contributed by atoms with Gasteiger partial charge in [0.15, 0.2) is 6.10 Å². The van der Waals surface area contributed by atoms with Crippen molar-refractivity contribution in [2.24, 2.45) is 0 Å². The Hall–Kier alpha value is -2.50. The number of aromatic nitrogens is 2. The van der Waals surface area contributed by atoms with Crippen molar-refractivity contribution in [3.8, 4) is 0 Å². The molecule has 0 N–H and O–H groups in total. The topological polar surface area (TPSA) is 72.4 Å². The average Bonchev–Trinajstić information content (AvgIpc) is 2.67. The van der Waals surface area contributed by atoms with Gasteiger partial charge in [0.25, 0.3) is 5.91 Å². The number of aryl methyl sites for hydroxylation is 2. The van der Waals surface area contributed by atoms with Crippen LogP contribution in [0.1, 0.15) is 61.3 Å². The van der Waals surface area contributed by atoms with E-state index in [1.165, 1.54) is 0 Å². The summed E-state index contributed by atoms with van der Waals surface area (Å²) >= 11 is 0. The number of nitrogens with zero attached hydrogens (tertiary/aromatic N) is 3. The van der Waals surface area contributed by atoms with Gasteiger partial charge in [-0.05, 0) is 64.7 Å². The molecule has 1 aromatic heterocycles. The van der Waals surface area contributed by atoms with Crippen molar-refractivity contribution in [3.63, 3.8) is 0 Å². The number of likely N-dealkylation sites (tertiary alicyclic amines) is 1. The van der Waals surface area contributed by atoms with Gasteiger partial charge in [0.05, 0.1) is 28.0 Å². The van der Waals surface area contributed by atoms with Gasteiger partial charge in [-0.25, -0.2) is 14.8 Å². The standard InChI is InChI=1S/C21H27N3O3/c1-5-17-8-6-7-11-24(17)20(25)15(4)27-21(26)16-9-10-18-19(12-16)23-14(3)13(2)22-18/h9-10,12,15,17H,5-8,11H2,1-4H3/t15-,17+/m1/s1. The molecular formula is C21H27N3O3. The molecule has 0 aliphatic carbocycles. The van der Waals surface area contributed by atoms with E-state index in [1.54, 1.807) is 25.1 Å². The Morgan fingerprint density at radius 3 is 2.59 bits per heavy atom. The summed E-state index contributed by atoms with van der Waals surface area (Å²) in [5.41, 5.74) is 3.45.